The third-order valence-corrected chi connectivity index (χ3v) is 2.32. The summed E-state index contributed by atoms with van der Waals surface area (Å²) in [6.07, 6.45) is 4.41. The highest BCUT2D eigenvalue weighted by atomic mass is 16.3. The molecule has 0 rings (SSSR count). The molecule has 0 bridgehead atoms. The highest BCUT2D eigenvalue weighted by molar-refractivity contribution is 6.15. The molecule has 0 atom stereocenters. The summed E-state index contributed by atoms with van der Waals surface area (Å²) < 4.78 is 0. The molecule has 0 heterocycles. The molecule has 2 nitrogen and oxygen atoms in total. The van der Waals surface area contributed by atoms with Gasteiger partial charge in [0, 0.05) is 5.70 Å². The van der Waals surface area contributed by atoms with Gasteiger partial charge in [-0.3, -0.25) is 0 Å². The fourth-order valence-electron chi connectivity index (χ4n) is 0.269. The van der Waals surface area contributed by atoms with Crippen molar-refractivity contribution < 1.29 is 5.11 Å². The van der Waals surface area contributed by atoms with Gasteiger partial charge in [0.25, 0.3) is 0 Å². The second-order valence-corrected chi connectivity index (χ2v) is 4.61. The third-order valence-electron chi connectivity index (χ3n) is 2.32. The number of nitrogens with two attached hydrogens (primary N) is 1. The minimum absolute atomic E-state index is 0.507. The van der Waals surface area contributed by atoms with Crippen LogP contribution in [0.4, 0.5) is 0 Å². The van der Waals surface area contributed by atoms with E-state index in [-0.39, 0.29) is 0 Å². The van der Waals surface area contributed by atoms with Crippen molar-refractivity contribution in [1.82, 2.24) is 0 Å². The van der Waals surface area contributed by atoms with Crippen LogP contribution in [-0.4, -0.2) is 18.6 Å². The minimum atomic E-state index is -0.785. The summed E-state index contributed by atoms with van der Waals surface area (Å²) in [4.78, 5) is 0. The molecule has 0 aliphatic carbocycles. The molecule has 0 fully saturated rings. The fraction of sp³-hybridized carbons (Fsp3) is 0.750. The van der Waals surface area contributed by atoms with Crippen LogP contribution in [0.2, 0.25) is 5.31 Å². The van der Waals surface area contributed by atoms with Gasteiger partial charge in [-0.2, -0.15) is 0 Å². The lowest BCUT2D eigenvalue weighted by Gasteiger charge is -2.33. The first-order chi connectivity index (χ1) is 8.56. The van der Waals surface area contributed by atoms with Crippen LogP contribution in [0.15, 0.2) is 24.4 Å². The Morgan fingerprint density at radius 3 is 1.47 bits per heavy atom. The van der Waals surface area contributed by atoms with E-state index >= 15 is 0 Å². The van der Waals surface area contributed by atoms with Crippen LogP contribution < -0.4 is 5.73 Å². The summed E-state index contributed by atoms with van der Waals surface area (Å²) in [6.45, 7) is 20.5. The van der Waals surface area contributed by atoms with Crippen molar-refractivity contribution in [2.24, 2.45) is 5.73 Å². The predicted octanol–water partition coefficient (Wildman–Crippen LogP) is 4.60. The molecule has 19 heavy (non-hydrogen) atoms. The van der Waals surface area contributed by atoms with Gasteiger partial charge in [0.15, 0.2) is 0 Å². The lowest BCUT2D eigenvalue weighted by atomic mass is 9.62. The van der Waals surface area contributed by atoms with Gasteiger partial charge in [0.05, 0.1) is 13.4 Å². The molecule has 0 aromatic rings. The molecule has 3 heteroatoms. The van der Waals surface area contributed by atoms with Crippen LogP contribution in [0.25, 0.3) is 0 Å². The van der Waals surface area contributed by atoms with E-state index in [4.69, 9.17) is 13.6 Å². The van der Waals surface area contributed by atoms with Crippen LogP contribution in [0.5, 0.6) is 0 Å². The molecule has 0 spiro atoms. The molecule has 0 aromatic carbocycles. The van der Waals surface area contributed by atoms with Crippen molar-refractivity contribution in [2.75, 3.05) is 0 Å². The summed E-state index contributed by atoms with van der Waals surface area (Å²) >= 11 is 0. The molecule has 114 valence electrons. The summed E-state index contributed by atoms with van der Waals surface area (Å²) in [5.74, 6) is 0. The molecule has 0 aliphatic heterocycles. The molecule has 0 saturated carbocycles. The van der Waals surface area contributed by atoms with E-state index in [1.165, 1.54) is 0 Å². The van der Waals surface area contributed by atoms with Gasteiger partial charge in [-0.1, -0.05) is 61.1 Å². The maximum absolute atomic E-state index is 9.23. The van der Waals surface area contributed by atoms with E-state index in [1.807, 2.05) is 34.6 Å². The quantitative estimate of drug-likeness (QED) is 0.581. The Hall–Kier alpha value is -0.695. The summed E-state index contributed by atoms with van der Waals surface area (Å²) in [7, 11) is 5.56. The van der Waals surface area contributed by atoms with Gasteiger partial charge >= 0.3 is 0 Å². The van der Waals surface area contributed by atoms with Crippen molar-refractivity contribution in [3.05, 3.63) is 24.4 Å². The zero-order valence-corrected chi connectivity index (χ0v) is 14.7. The molecule has 3 N–H and O–H groups in total. The van der Waals surface area contributed by atoms with Gasteiger partial charge in [-0.05, 0) is 31.7 Å². The maximum Gasteiger partial charge on any atom is 0.0777 e. The van der Waals surface area contributed by atoms with E-state index in [9.17, 15) is 5.11 Å². The van der Waals surface area contributed by atoms with Gasteiger partial charge in [0.1, 0.15) is 0 Å². The normalized spacial score (nSPS) is 10.7. The molecule has 2 radical (unpaired) electrons. The third kappa shape index (κ3) is 22.9. The fourth-order valence-corrected chi connectivity index (χ4v) is 0.269. The predicted molar refractivity (Wildman–Crippen MR) is 91.5 cm³/mol. The number of rotatable bonds is 3. The van der Waals surface area contributed by atoms with Crippen molar-refractivity contribution in [3.63, 3.8) is 0 Å². The molecule has 0 aliphatic rings. The zero-order chi connectivity index (χ0) is 16.7. The number of aliphatic hydroxyl groups is 1. The zero-order valence-electron chi connectivity index (χ0n) is 14.7. The lowest BCUT2D eigenvalue weighted by Crippen LogP contribution is -2.33. The van der Waals surface area contributed by atoms with Gasteiger partial charge in [-0.15, -0.1) is 0 Å². The van der Waals surface area contributed by atoms with Crippen LogP contribution in [0, 0.1) is 0 Å². The monoisotopic (exact) mass is 269 g/mol. The Bertz CT molecular complexity index is 198. The second kappa shape index (κ2) is 15.4. The van der Waals surface area contributed by atoms with Crippen molar-refractivity contribution in [1.29, 1.82) is 0 Å². The van der Waals surface area contributed by atoms with E-state index in [1.54, 1.807) is 39.8 Å². The standard InChI is InChI=1S/C6H13BO.C6H11N.2C2H6/c1-5(2,7)6(3,4)8;1-3-5-6(7)4-2;2*1-2/h8H,1-4H3;3,5H,1,4,7H2,2H3;2*1-2H3/b;6-5+;;. The number of allylic oxidation sites excluding steroid dienone is 3. The lowest BCUT2D eigenvalue weighted by molar-refractivity contribution is 0.0420. The minimum Gasteiger partial charge on any atom is -0.402 e. The Balaban J connectivity index is -0.0000000941. The van der Waals surface area contributed by atoms with Crippen LogP contribution >= 0.6 is 0 Å². The smallest absolute Gasteiger partial charge is 0.0777 e. The van der Waals surface area contributed by atoms with Crippen molar-refractivity contribution >= 4 is 7.85 Å². The summed E-state index contributed by atoms with van der Waals surface area (Å²) in [5, 5.41) is 8.72. The van der Waals surface area contributed by atoms with Crippen LogP contribution in [-0.2, 0) is 0 Å². The first-order valence-electron chi connectivity index (χ1n) is 7.14. The van der Waals surface area contributed by atoms with E-state index in [2.05, 4.69) is 6.58 Å². The Kier molecular flexibility index (Phi) is 21.7. The first kappa shape index (κ1) is 26.8. The van der Waals surface area contributed by atoms with Gasteiger partial charge < -0.3 is 10.8 Å². The topological polar surface area (TPSA) is 46.2 Å². The molecule has 0 aromatic heterocycles. The van der Waals surface area contributed by atoms with Crippen LogP contribution in [0.1, 0.15) is 68.7 Å². The average molecular weight is 269 g/mol. The number of hydrogen-bond donors (Lipinski definition) is 2. The SMILES string of the molecule is C=C/C=C(/N)CC.CC.CC.[B]C(C)(C)C(C)(C)O. The van der Waals surface area contributed by atoms with E-state index < -0.39 is 10.9 Å². The molecular formula is C16H36BNO. The van der Waals surface area contributed by atoms with Gasteiger partial charge in [-0.25, -0.2) is 0 Å². The summed E-state index contributed by atoms with van der Waals surface area (Å²) in [6, 6.07) is 0. The molecule has 0 amide bonds. The summed E-state index contributed by atoms with van der Waals surface area (Å²) in [5.41, 5.74) is 5.47. The molecular weight excluding hydrogens is 233 g/mol. The highest BCUT2D eigenvalue weighted by Gasteiger charge is 2.28. The molecule has 0 saturated heterocycles. The highest BCUT2D eigenvalue weighted by Crippen LogP contribution is 2.32. The van der Waals surface area contributed by atoms with Crippen LogP contribution in [0.3, 0.4) is 0 Å². The first-order valence-corrected chi connectivity index (χ1v) is 7.14. The maximum atomic E-state index is 9.23. The Morgan fingerprint density at radius 1 is 1.16 bits per heavy atom. The van der Waals surface area contributed by atoms with Crippen molar-refractivity contribution in [2.45, 2.75) is 79.6 Å². The average Bonchev–Trinajstić information content (AvgIpc) is 2.33. The number of hydrogen-bond acceptors (Lipinski definition) is 2. The molecule has 0 unspecified atom stereocenters. The van der Waals surface area contributed by atoms with Gasteiger partial charge in [0.2, 0.25) is 0 Å². The Labute approximate surface area is 123 Å². The van der Waals surface area contributed by atoms with E-state index in [0.29, 0.717) is 0 Å². The van der Waals surface area contributed by atoms with Crippen molar-refractivity contribution in [3.8, 4) is 0 Å². The second-order valence-electron chi connectivity index (χ2n) is 4.61. The Morgan fingerprint density at radius 2 is 1.42 bits per heavy atom. The largest absolute Gasteiger partial charge is 0.402 e. The van der Waals surface area contributed by atoms with E-state index in [0.717, 1.165) is 12.1 Å².